The lowest BCUT2D eigenvalue weighted by molar-refractivity contribution is -0.140. The zero-order chi connectivity index (χ0) is 33.2. The molecular formula is C29H28O16. The predicted molar refractivity (Wildman–Crippen MR) is 150 cm³/mol. The summed E-state index contributed by atoms with van der Waals surface area (Å²) in [7, 11) is 4.38. The van der Waals surface area contributed by atoms with Crippen LogP contribution >= 0.6 is 0 Å². The van der Waals surface area contributed by atoms with E-state index in [9.17, 15) is 28.8 Å². The molecule has 2 aromatic carbocycles. The maximum atomic E-state index is 12.1. The first-order valence-electron chi connectivity index (χ1n) is 12.6. The summed E-state index contributed by atoms with van der Waals surface area (Å²) in [5.41, 5.74) is 0.775. The summed E-state index contributed by atoms with van der Waals surface area (Å²) >= 11 is 0. The van der Waals surface area contributed by atoms with Gasteiger partial charge in [-0.1, -0.05) is 12.1 Å². The molecule has 0 amide bonds. The van der Waals surface area contributed by atoms with Crippen LogP contribution in [0.5, 0.6) is 23.0 Å². The van der Waals surface area contributed by atoms with E-state index < -0.39 is 36.6 Å². The van der Waals surface area contributed by atoms with Crippen molar-refractivity contribution in [1.29, 1.82) is 0 Å². The van der Waals surface area contributed by atoms with Crippen molar-refractivity contribution in [3.8, 4) is 23.0 Å². The largest absolute Gasteiger partial charge is 0.513 e. The van der Waals surface area contributed by atoms with Gasteiger partial charge in [-0.15, -0.1) is 0 Å². The molecular weight excluding hydrogens is 604 g/mol. The SMILES string of the molecule is COC(=O)Oc1ccc(/C=C/C(=O)OCCCOC(=O)/C=C/c2ccc(OC(=O)OC)c(OC(=O)OC)c2)cc1OC(=O)OC. The molecule has 0 aliphatic heterocycles. The molecule has 0 bridgehead atoms. The van der Waals surface area contributed by atoms with Gasteiger partial charge in [0.05, 0.1) is 41.7 Å². The first-order valence-corrected chi connectivity index (χ1v) is 12.6. The van der Waals surface area contributed by atoms with E-state index in [-0.39, 0.29) is 42.6 Å². The first kappa shape index (κ1) is 35.1. The number of ether oxygens (including phenoxy) is 10. The van der Waals surface area contributed by atoms with Crippen molar-refractivity contribution >= 4 is 48.7 Å². The third-order valence-electron chi connectivity index (χ3n) is 4.98. The molecule has 16 nitrogen and oxygen atoms in total. The van der Waals surface area contributed by atoms with E-state index in [4.69, 9.17) is 28.4 Å². The third-order valence-corrected chi connectivity index (χ3v) is 4.98. The zero-order valence-electron chi connectivity index (χ0n) is 24.4. The molecule has 0 N–H and O–H groups in total. The minimum absolute atomic E-state index is 0.0708. The minimum atomic E-state index is -1.07. The fourth-order valence-corrected chi connectivity index (χ4v) is 2.94. The van der Waals surface area contributed by atoms with Gasteiger partial charge in [0, 0.05) is 18.6 Å². The van der Waals surface area contributed by atoms with E-state index in [1.807, 2.05) is 0 Å². The molecule has 2 rings (SSSR count). The van der Waals surface area contributed by atoms with Crippen LogP contribution in [-0.2, 0) is 38.0 Å². The van der Waals surface area contributed by atoms with Gasteiger partial charge in [-0.3, -0.25) is 0 Å². The van der Waals surface area contributed by atoms with Gasteiger partial charge in [-0.2, -0.15) is 0 Å². The van der Waals surface area contributed by atoms with Gasteiger partial charge in [-0.05, 0) is 47.5 Å². The Labute approximate surface area is 255 Å². The second kappa shape index (κ2) is 18.5. The number of esters is 2. The summed E-state index contributed by atoms with van der Waals surface area (Å²) in [4.78, 5) is 69.9. The van der Waals surface area contributed by atoms with Gasteiger partial charge >= 0.3 is 36.6 Å². The van der Waals surface area contributed by atoms with Crippen LogP contribution in [0.15, 0.2) is 48.6 Å². The molecule has 45 heavy (non-hydrogen) atoms. The fourth-order valence-electron chi connectivity index (χ4n) is 2.94. The van der Waals surface area contributed by atoms with Crippen molar-refractivity contribution < 1.29 is 76.1 Å². The minimum Gasteiger partial charge on any atom is -0.462 e. The summed E-state index contributed by atoms with van der Waals surface area (Å²) in [6.07, 6.45) is 0.885. The highest BCUT2D eigenvalue weighted by atomic mass is 16.8. The summed E-state index contributed by atoms with van der Waals surface area (Å²) in [5, 5.41) is 0. The van der Waals surface area contributed by atoms with Crippen LogP contribution in [0.1, 0.15) is 17.5 Å². The Bertz CT molecular complexity index is 1330. The van der Waals surface area contributed by atoms with Crippen LogP contribution in [0.4, 0.5) is 19.2 Å². The van der Waals surface area contributed by atoms with E-state index in [1.54, 1.807) is 0 Å². The van der Waals surface area contributed by atoms with E-state index in [1.165, 1.54) is 48.6 Å². The lowest BCUT2D eigenvalue weighted by Crippen LogP contribution is -2.12. The molecule has 0 radical (unpaired) electrons. The molecule has 240 valence electrons. The smallest absolute Gasteiger partial charge is 0.462 e. The van der Waals surface area contributed by atoms with Crippen LogP contribution in [0.2, 0.25) is 0 Å². The zero-order valence-corrected chi connectivity index (χ0v) is 24.4. The van der Waals surface area contributed by atoms with Gasteiger partial charge in [0.1, 0.15) is 0 Å². The molecule has 0 heterocycles. The second-order valence-electron chi connectivity index (χ2n) is 7.99. The number of hydrogen-bond donors (Lipinski definition) is 0. The molecule has 2 aromatic rings. The fraction of sp³-hybridized carbons (Fsp3) is 0.241. The Kier molecular flexibility index (Phi) is 14.4. The number of benzene rings is 2. The standard InChI is InChI=1S/C29H28O16/c1-36-26(32)42-20-10-6-18(16-22(20)44-28(34)38-3)8-12-24(30)40-14-5-15-41-25(31)13-9-19-7-11-21(43-27(33)37-2)23(17-19)45-29(35)39-4/h6-13,16-17H,5,14-15H2,1-4H3/b12-8+,13-9+. The Morgan fingerprint density at radius 2 is 0.844 bits per heavy atom. The van der Waals surface area contributed by atoms with Crippen LogP contribution in [-0.4, -0.2) is 78.2 Å². The monoisotopic (exact) mass is 632 g/mol. The van der Waals surface area contributed by atoms with E-state index >= 15 is 0 Å². The second-order valence-corrected chi connectivity index (χ2v) is 7.99. The Hall–Kier alpha value is -6.06. The molecule has 16 heteroatoms. The average molecular weight is 633 g/mol. The topological polar surface area (TPSA) is 195 Å². The van der Waals surface area contributed by atoms with Gasteiger partial charge in [0.25, 0.3) is 0 Å². The highest BCUT2D eigenvalue weighted by Gasteiger charge is 2.16. The lowest BCUT2D eigenvalue weighted by Gasteiger charge is -2.10. The Morgan fingerprint density at radius 3 is 1.18 bits per heavy atom. The van der Waals surface area contributed by atoms with E-state index in [0.717, 1.165) is 40.6 Å². The maximum absolute atomic E-state index is 12.1. The molecule has 0 aliphatic carbocycles. The van der Waals surface area contributed by atoms with Crippen LogP contribution < -0.4 is 18.9 Å². The van der Waals surface area contributed by atoms with Crippen molar-refractivity contribution in [2.45, 2.75) is 6.42 Å². The van der Waals surface area contributed by atoms with Crippen molar-refractivity contribution in [3.63, 3.8) is 0 Å². The highest BCUT2D eigenvalue weighted by molar-refractivity contribution is 5.88. The summed E-state index contributed by atoms with van der Waals surface area (Å²) in [6, 6.07) is 8.18. The van der Waals surface area contributed by atoms with Gasteiger partial charge in [-0.25, -0.2) is 28.8 Å². The Balaban J connectivity index is 1.85. The van der Waals surface area contributed by atoms with Crippen LogP contribution in [0.3, 0.4) is 0 Å². The number of rotatable bonds is 12. The van der Waals surface area contributed by atoms with Gasteiger partial charge in [0.2, 0.25) is 0 Å². The molecule has 0 saturated carbocycles. The third kappa shape index (κ3) is 12.8. The molecule has 0 unspecified atom stereocenters. The van der Waals surface area contributed by atoms with Crippen molar-refractivity contribution in [3.05, 3.63) is 59.7 Å². The van der Waals surface area contributed by atoms with Gasteiger partial charge < -0.3 is 47.4 Å². The van der Waals surface area contributed by atoms with Crippen LogP contribution in [0, 0.1) is 0 Å². The van der Waals surface area contributed by atoms with E-state index in [0.29, 0.717) is 11.1 Å². The van der Waals surface area contributed by atoms with Gasteiger partial charge in [0.15, 0.2) is 23.0 Å². The summed E-state index contributed by atoms with van der Waals surface area (Å²) in [6.45, 7) is -0.142. The number of hydrogen-bond acceptors (Lipinski definition) is 16. The summed E-state index contributed by atoms with van der Waals surface area (Å²) in [5.74, 6) is -2.02. The quantitative estimate of drug-likeness (QED) is 0.104. The number of carbonyl (C=O) groups excluding carboxylic acids is 6. The lowest BCUT2D eigenvalue weighted by atomic mass is 10.2. The van der Waals surface area contributed by atoms with Crippen molar-refractivity contribution in [2.75, 3.05) is 41.7 Å². The van der Waals surface area contributed by atoms with Crippen LogP contribution in [0.25, 0.3) is 12.2 Å². The van der Waals surface area contributed by atoms with Crippen molar-refractivity contribution in [2.24, 2.45) is 0 Å². The predicted octanol–water partition coefficient (Wildman–Crippen LogP) is 4.47. The summed E-state index contributed by atoms with van der Waals surface area (Å²) < 4.78 is 47.5. The molecule has 0 fully saturated rings. The maximum Gasteiger partial charge on any atom is 0.513 e. The molecule has 0 saturated heterocycles. The number of carbonyl (C=O) groups is 6. The number of methoxy groups -OCH3 is 4. The first-order chi connectivity index (χ1) is 21.6. The molecule has 0 spiro atoms. The molecule has 0 aliphatic rings. The van der Waals surface area contributed by atoms with E-state index in [2.05, 4.69) is 18.9 Å². The Morgan fingerprint density at radius 1 is 0.511 bits per heavy atom. The van der Waals surface area contributed by atoms with Crippen molar-refractivity contribution in [1.82, 2.24) is 0 Å². The highest BCUT2D eigenvalue weighted by Crippen LogP contribution is 2.31. The average Bonchev–Trinajstić information content (AvgIpc) is 3.04. The normalized spacial score (nSPS) is 10.4. The molecule has 0 atom stereocenters. The molecule has 0 aromatic heterocycles.